The molecule has 0 aliphatic heterocycles. The maximum Gasteiger partial charge on any atom is 0.507 e. The number of amides is 1. The molecule has 1 heterocycles. The Morgan fingerprint density at radius 1 is 1.11 bits per heavy atom. The van der Waals surface area contributed by atoms with Crippen molar-refractivity contribution in [3.63, 3.8) is 0 Å². The minimum atomic E-state index is -3.50. The first kappa shape index (κ1) is 20.7. The van der Waals surface area contributed by atoms with Crippen LogP contribution in [0.4, 0.5) is 10.6 Å². The summed E-state index contributed by atoms with van der Waals surface area (Å²) in [7, 11) is -3.50. The van der Waals surface area contributed by atoms with Crippen LogP contribution in [0.5, 0.6) is 0 Å². The van der Waals surface area contributed by atoms with Crippen LogP contribution in [0, 0.1) is 5.21 Å². The molecule has 1 aromatic carbocycles. The standard InChI is InChI=1S/C18H22N2O6S/c1-27(23,24)26-14-8-7-12-19(17-11-5-6-13-20(17)22)18(21)25-15-16-9-3-2-4-10-16/h2-6,9-11,13H,7-8,12,14-15H2,1H3. The Labute approximate surface area is 158 Å². The van der Waals surface area contributed by atoms with Crippen LogP contribution in [0.15, 0.2) is 54.7 Å². The zero-order chi connectivity index (χ0) is 19.7. The Morgan fingerprint density at radius 3 is 2.48 bits per heavy atom. The predicted molar refractivity (Wildman–Crippen MR) is 99.4 cm³/mol. The molecule has 0 radical (unpaired) electrons. The van der Waals surface area contributed by atoms with Crippen LogP contribution in [0.3, 0.4) is 0 Å². The van der Waals surface area contributed by atoms with Gasteiger partial charge in [-0.1, -0.05) is 36.4 Å². The molecule has 2 aromatic rings. The summed E-state index contributed by atoms with van der Waals surface area (Å²) in [6.07, 6.45) is 2.45. The van der Waals surface area contributed by atoms with Gasteiger partial charge in [0, 0.05) is 6.07 Å². The minimum Gasteiger partial charge on any atom is -0.711 e. The van der Waals surface area contributed by atoms with Crippen LogP contribution in [0.2, 0.25) is 0 Å². The second kappa shape index (κ2) is 9.89. The van der Waals surface area contributed by atoms with Crippen molar-refractivity contribution in [1.29, 1.82) is 0 Å². The maximum atomic E-state index is 12.5. The first-order valence-electron chi connectivity index (χ1n) is 8.37. The number of benzene rings is 1. The first-order chi connectivity index (χ1) is 12.9. The Kier molecular flexibility index (Phi) is 7.56. The quantitative estimate of drug-likeness (QED) is 0.280. The van der Waals surface area contributed by atoms with Crippen LogP contribution < -0.4 is 9.63 Å². The molecule has 0 bridgehead atoms. The molecule has 1 amide bonds. The summed E-state index contributed by atoms with van der Waals surface area (Å²) < 4.78 is 32.5. The molecule has 0 aliphatic carbocycles. The van der Waals surface area contributed by atoms with Crippen molar-refractivity contribution in [1.82, 2.24) is 0 Å². The molecule has 0 spiro atoms. The van der Waals surface area contributed by atoms with Crippen LogP contribution in [-0.2, 0) is 25.6 Å². The summed E-state index contributed by atoms with van der Waals surface area (Å²) in [5, 5.41) is 12.0. The molecule has 146 valence electrons. The maximum absolute atomic E-state index is 12.5. The normalized spacial score (nSPS) is 11.1. The van der Waals surface area contributed by atoms with E-state index in [0.717, 1.165) is 11.8 Å². The fraction of sp³-hybridized carbons (Fsp3) is 0.333. The van der Waals surface area contributed by atoms with Gasteiger partial charge in [0.05, 0.1) is 25.6 Å². The molecule has 0 unspecified atom stereocenters. The van der Waals surface area contributed by atoms with Crippen LogP contribution >= 0.6 is 0 Å². The lowest BCUT2D eigenvalue weighted by molar-refractivity contribution is -0.591. The second-order valence-electron chi connectivity index (χ2n) is 5.81. The van der Waals surface area contributed by atoms with Gasteiger partial charge in [0.2, 0.25) is 0 Å². The fourth-order valence-electron chi connectivity index (χ4n) is 2.31. The third-order valence-corrected chi connectivity index (χ3v) is 4.17. The highest BCUT2D eigenvalue weighted by Crippen LogP contribution is 2.12. The second-order valence-corrected chi connectivity index (χ2v) is 7.45. The van der Waals surface area contributed by atoms with Gasteiger partial charge in [-0.3, -0.25) is 4.18 Å². The smallest absolute Gasteiger partial charge is 0.507 e. The number of aromatic nitrogens is 1. The number of carbonyl (C=O) groups excluding carboxylic acids is 1. The van der Waals surface area contributed by atoms with Crippen molar-refractivity contribution in [2.75, 3.05) is 24.3 Å². The van der Waals surface area contributed by atoms with Gasteiger partial charge in [0.15, 0.2) is 0 Å². The van der Waals surface area contributed by atoms with E-state index in [0.29, 0.717) is 17.6 Å². The number of ether oxygens (including phenoxy) is 1. The lowest BCUT2D eigenvalue weighted by Crippen LogP contribution is -2.42. The predicted octanol–water partition coefficient (Wildman–Crippen LogP) is 2.22. The summed E-state index contributed by atoms with van der Waals surface area (Å²) in [5.41, 5.74) is 0.829. The summed E-state index contributed by atoms with van der Waals surface area (Å²) in [4.78, 5) is 13.7. The Bertz CT molecular complexity index is 842. The van der Waals surface area contributed by atoms with E-state index in [1.807, 2.05) is 30.3 Å². The van der Waals surface area contributed by atoms with Crippen molar-refractivity contribution >= 4 is 22.0 Å². The van der Waals surface area contributed by atoms with Gasteiger partial charge in [-0.05, 0) is 24.5 Å². The van der Waals surface area contributed by atoms with E-state index in [1.165, 1.54) is 17.2 Å². The van der Waals surface area contributed by atoms with Crippen molar-refractivity contribution < 1.29 is 26.9 Å². The number of hydrogen-bond donors (Lipinski definition) is 0. The SMILES string of the molecule is CS(=O)(=O)OCCCCN(C(=O)OCc1ccccc1)c1cccc[n+]1[O-]. The molecular formula is C18H22N2O6S. The highest BCUT2D eigenvalue weighted by molar-refractivity contribution is 7.85. The van der Waals surface area contributed by atoms with Crippen molar-refractivity contribution in [2.45, 2.75) is 19.4 Å². The van der Waals surface area contributed by atoms with Crippen molar-refractivity contribution in [2.24, 2.45) is 0 Å². The van der Waals surface area contributed by atoms with E-state index in [2.05, 4.69) is 4.18 Å². The third-order valence-electron chi connectivity index (χ3n) is 3.58. The molecule has 0 aliphatic rings. The van der Waals surface area contributed by atoms with Crippen molar-refractivity contribution in [3.8, 4) is 0 Å². The summed E-state index contributed by atoms with van der Waals surface area (Å²) in [6.45, 7) is 0.282. The van der Waals surface area contributed by atoms with Gasteiger partial charge in [-0.25, -0.2) is 4.73 Å². The topological polar surface area (TPSA) is 99.9 Å². The molecule has 27 heavy (non-hydrogen) atoms. The molecule has 8 nitrogen and oxygen atoms in total. The first-order valence-corrected chi connectivity index (χ1v) is 10.2. The number of unbranched alkanes of at least 4 members (excludes halogenated alkanes) is 1. The lowest BCUT2D eigenvalue weighted by atomic mass is 10.2. The number of anilines is 1. The average Bonchev–Trinajstić information content (AvgIpc) is 2.63. The van der Waals surface area contributed by atoms with Gasteiger partial charge < -0.3 is 9.94 Å². The highest BCUT2D eigenvalue weighted by atomic mass is 32.2. The highest BCUT2D eigenvalue weighted by Gasteiger charge is 2.27. The summed E-state index contributed by atoms with van der Waals surface area (Å²) in [6, 6.07) is 13.9. The van der Waals surface area contributed by atoms with Gasteiger partial charge in [0.25, 0.3) is 15.9 Å². The summed E-state index contributed by atoms with van der Waals surface area (Å²) in [5.74, 6) is 0.139. The van der Waals surface area contributed by atoms with Gasteiger partial charge in [-0.15, -0.1) is 0 Å². The molecular weight excluding hydrogens is 372 g/mol. The van der Waals surface area contributed by atoms with E-state index in [1.54, 1.807) is 12.1 Å². The number of hydrogen-bond acceptors (Lipinski definition) is 6. The number of rotatable bonds is 9. The zero-order valence-corrected chi connectivity index (χ0v) is 15.8. The van der Waals surface area contributed by atoms with Crippen LogP contribution in [0.25, 0.3) is 0 Å². The number of pyridine rings is 1. The molecule has 0 N–H and O–H groups in total. The van der Waals surface area contributed by atoms with Crippen LogP contribution in [-0.4, -0.2) is 33.9 Å². The van der Waals surface area contributed by atoms with E-state index in [4.69, 9.17) is 4.74 Å². The molecule has 9 heteroatoms. The van der Waals surface area contributed by atoms with E-state index in [9.17, 15) is 18.4 Å². The minimum absolute atomic E-state index is 0.0118. The van der Waals surface area contributed by atoms with Crippen molar-refractivity contribution in [3.05, 3.63) is 65.5 Å². The number of carbonyl (C=O) groups is 1. The van der Waals surface area contributed by atoms with E-state index < -0.39 is 16.2 Å². The number of nitrogens with zero attached hydrogens (tertiary/aromatic N) is 2. The zero-order valence-electron chi connectivity index (χ0n) is 15.0. The third kappa shape index (κ3) is 7.24. The molecule has 0 saturated heterocycles. The van der Waals surface area contributed by atoms with E-state index >= 15 is 0 Å². The molecule has 2 rings (SSSR count). The van der Waals surface area contributed by atoms with Crippen LogP contribution in [0.1, 0.15) is 18.4 Å². The van der Waals surface area contributed by atoms with Gasteiger partial charge in [0.1, 0.15) is 6.61 Å². The molecule has 0 fully saturated rings. The molecule has 0 atom stereocenters. The molecule has 1 aromatic heterocycles. The van der Waals surface area contributed by atoms with Gasteiger partial charge in [-0.2, -0.15) is 18.1 Å². The van der Waals surface area contributed by atoms with E-state index in [-0.39, 0.29) is 25.6 Å². The monoisotopic (exact) mass is 394 g/mol. The Morgan fingerprint density at radius 2 is 1.81 bits per heavy atom. The average molecular weight is 394 g/mol. The summed E-state index contributed by atoms with van der Waals surface area (Å²) >= 11 is 0. The van der Waals surface area contributed by atoms with Gasteiger partial charge >= 0.3 is 6.09 Å². The Balaban J connectivity index is 1.99. The lowest BCUT2D eigenvalue weighted by Gasteiger charge is -2.18. The molecule has 0 saturated carbocycles. The fourth-order valence-corrected chi connectivity index (χ4v) is 2.73. The largest absolute Gasteiger partial charge is 0.711 e. The Hall–Kier alpha value is -2.65.